The van der Waals surface area contributed by atoms with Crippen molar-refractivity contribution in [2.75, 3.05) is 0 Å². The first kappa shape index (κ1) is 22.5. The number of hydrogen-bond donors (Lipinski definition) is 0. The minimum absolute atomic E-state index is 0.257. The summed E-state index contributed by atoms with van der Waals surface area (Å²) >= 11 is 13.2. The van der Waals surface area contributed by atoms with E-state index in [0.717, 1.165) is 34.0 Å². The van der Waals surface area contributed by atoms with Crippen LogP contribution < -0.4 is 4.74 Å². The summed E-state index contributed by atoms with van der Waals surface area (Å²) in [5.41, 5.74) is 3.67. The van der Waals surface area contributed by atoms with Crippen molar-refractivity contribution in [1.29, 1.82) is 0 Å². The molecule has 1 saturated heterocycles. The Hall–Kier alpha value is -2.73. The zero-order valence-corrected chi connectivity index (χ0v) is 19.5. The van der Waals surface area contributed by atoms with Gasteiger partial charge in [-0.05, 0) is 71.3 Å². The quantitative estimate of drug-likeness (QED) is 0.350. The molecule has 4 nitrogen and oxygen atoms in total. The molecule has 0 bridgehead atoms. The summed E-state index contributed by atoms with van der Waals surface area (Å²) < 4.78 is 5.79. The van der Waals surface area contributed by atoms with Crippen LogP contribution in [0.15, 0.2) is 71.6 Å². The summed E-state index contributed by atoms with van der Waals surface area (Å²) in [5.74, 6) is 0.230. The number of ether oxygens (including phenoxy) is 1. The minimum atomic E-state index is -0.303. The molecule has 0 unspecified atom stereocenters. The minimum Gasteiger partial charge on any atom is -0.487 e. The van der Waals surface area contributed by atoms with Crippen LogP contribution in [-0.2, 0) is 17.9 Å². The number of rotatable bonds is 6. The van der Waals surface area contributed by atoms with Gasteiger partial charge in [-0.3, -0.25) is 14.5 Å². The Labute approximate surface area is 200 Å². The van der Waals surface area contributed by atoms with Gasteiger partial charge >= 0.3 is 0 Å². The van der Waals surface area contributed by atoms with Gasteiger partial charge in [-0.2, -0.15) is 0 Å². The average Bonchev–Trinajstić information content (AvgIpc) is 3.03. The molecule has 7 heteroatoms. The molecular weight excluding hydrogens is 465 g/mol. The zero-order valence-electron chi connectivity index (χ0n) is 17.2. The summed E-state index contributed by atoms with van der Waals surface area (Å²) in [6, 6.07) is 20.4. The lowest BCUT2D eigenvalue weighted by Crippen LogP contribution is -2.27. The van der Waals surface area contributed by atoms with Gasteiger partial charge in [-0.25, -0.2) is 0 Å². The summed E-state index contributed by atoms with van der Waals surface area (Å²) in [7, 11) is 0. The molecule has 0 aromatic heterocycles. The second-order valence-electron chi connectivity index (χ2n) is 7.30. The summed E-state index contributed by atoms with van der Waals surface area (Å²) in [6.45, 7) is 2.57. The Bertz CT molecular complexity index is 1210. The first-order valence-electron chi connectivity index (χ1n) is 9.87. The molecule has 0 atom stereocenters. The van der Waals surface area contributed by atoms with E-state index in [0.29, 0.717) is 27.3 Å². The summed E-state index contributed by atoms with van der Waals surface area (Å²) in [6.07, 6.45) is 1.68. The Morgan fingerprint density at radius 3 is 2.47 bits per heavy atom. The fraction of sp³-hybridized carbons (Fsp3) is 0.120. The van der Waals surface area contributed by atoms with Crippen molar-refractivity contribution in [2.45, 2.75) is 20.1 Å². The van der Waals surface area contributed by atoms with Crippen molar-refractivity contribution < 1.29 is 14.3 Å². The standard InChI is InChI=1S/C25H19Cl2NO3S/c1-16-4-2-3-5-19(16)14-28-24(29)23(32-25(28)30)13-18-8-11-22(21(27)12-18)31-15-17-6-9-20(26)10-7-17/h2-13H,14-15H2,1H3/b23-13-. The highest BCUT2D eigenvalue weighted by molar-refractivity contribution is 8.18. The fourth-order valence-electron chi connectivity index (χ4n) is 3.21. The van der Waals surface area contributed by atoms with Crippen molar-refractivity contribution in [1.82, 2.24) is 4.90 Å². The van der Waals surface area contributed by atoms with Crippen LogP contribution in [0.2, 0.25) is 10.0 Å². The smallest absolute Gasteiger partial charge is 0.293 e. The summed E-state index contributed by atoms with van der Waals surface area (Å²) in [4.78, 5) is 26.9. The molecule has 0 saturated carbocycles. The van der Waals surface area contributed by atoms with Crippen molar-refractivity contribution >= 4 is 52.2 Å². The van der Waals surface area contributed by atoms with E-state index in [9.17, 15) is 9.59 Å². The number of halogens is 2. The molecule has 3 aromatic rings. The van der Waals surface area contributed by atoms with E-state index in [2.05, 4.69) is 0 Å². The lowest BCUT2D eigenvalue weighted by atomic mass is 10.1. The number of thioether (sulfide) groups is 1. The van der Waals surface area contributed by atoms with Crippen LogP contribution in [0.4, 0.5) is 4.79 Å². The molecule has 1 aliphatic rings. The Morgan fingerprint density at radius 1 is 1.00 bits per heavy atom. The van der Waals surface area contributed by atoms with E-state index in [1.165, 1.54) is 4.90 Å². The predicted octanol–water partition coefficient (Wildman–Crippen LogP) is 7.12. The molecule has 162 valence electrons. The molecule has 3 aromatic carbocycles. The number of carbonyl (C=O) groups excluding carboxylic acids is 2. The number of nitrogens with zero attached hydrogens (tertiary/aromatic N) is 1. The van der Waals surface area contributed by atoms with Gasteiger partial charge in [0, 0.05) is 5.02 Å². The molecule has 1 aliphatic heterocycles. The van der Waals surface area contributed by atoms with Gasteiger partial charge in [0.2, 0.25) is 0 Å². The van der Waals surface area contributed by atoms with Gasteiger partial charge in [-0.1, -0.05) is 65.7 Å². The lowest BCUT2D eigenvalue weighted by Gasteiger charge is -2.14. The van der Waals surface area contributed by atoms with Gasteiger partial charge in [0.15, 0.2) is 0 Å². The Kier molecular flexibility index (Phi) is 6.89. The molecular formula is C25H19Cl2NO3S. The van der Waals surface area contributed by atoms with Gasteiger partial charge in [-0.15, -0.1) is 0 Å². The van der Waals surface area contributed by atoms with Gasteiger partial charge in [0.05, 0.1) is 16.5 Å². The Balaban J connectivity index is 1.45. The van der Waals surface area contributed by atoms with Gasteiger partial charge < -0.3 is 4.74 Å². The van der Waals surface area contributed by atoms with Crippen molar-refractivity contribution in [3.8, 4) is 5.75 Å². The van der Waals surface area contributed by atoms with Crippen molar-refractivity contribution in [3.63, 3.8) is 0 Å². The molecule has 1 heterocycles. The van der Waals surface area contributed by atoms with Crippen LogP contribution in [0.25, 0.3) is 6.08 Å². The van der Waals surface area contributed by atoms with E-state index in [1.54, 1.807) is 36.4 Å². The van der Waals surface area contributed by atoms with Gasteiger partial charge in [0.25, 0.3) is 11.1 Å². The van der Waals surface area contributed by atoms with Crippen LogP contribution >= 0.6 is 35.0 Å². The van der Waals surface area contributed by atoms with Crippen LogP contribution in [0.3, 0.4) is 0 Å². The molecule has 0 aliphatic carbocycles. The van der Waals surface area contributed by atoms with E-state index in [4.69, 9.17) is 27.9 Å². The predicted molar refractivity (Wildman–Crippen MR) is 130 cm³/mol. The number of imide groups is 1. The van der Waals surface area contributed by atoms with Crippen molar-refractivity contribution in [2.24, 2.45) is 0 Å². The second-order valence-corrected chi connectivity index (χ2v) is 9.14. The molecule has 0 radical (unpaired) electrons. The molecule has 0 spiro atoms. The molecule has 0 N–H and O–H groups in total. The fourth-order valence-corrected chi connectivity index (χ4v) is 4.42. The number of benzene rings is 3. The topological polar surface area (TPSA) is 46.6 Å². The molecule has 4 rings (SSSR count). The average molecular weight is 484 g/mol. The maximum atomic E-state index is 12.8. The monoisotopic (exact) mass is 483 g/mol. The molecule has 1 fully saturated rings. The maximum absolute atomic E-state index is 12.8. The highest BCUT2D eigenvalue weighted by Crippen LogP contribution is 2.35. The first-order valence-corrected chi connectivity index (χ1v) is 11.4. The number of carbonyl (C=O) groups is 2. The van der Waals surface area contributed by atoms with E-state index in [1.807, 2.05) is 43.3 Å². The second kappa shape index (κ2) is 9.82. The van der Waals surface area contributed by atoms with Crippen molar-refractivity contribution in [3.05, 3.63) is 104 Å². The normalized spacial score (nSPS) is 15.0. The summed E-state index contributed by atoms with van der Waals surface area (Å²) in [5, 5.41) is 0.810. The highest BCUT2D eigenvalue weighted by atomic mass is 35.5. The third-order valence-corrected chi connectivity index (χ3v) is 6.48. The SMILES string of the molecule is Cc1ccccc1CN1C(=O)S/C(=C\c2ccc(OCc3ccc(Cl)cc3)c(Cl)c2)C1=O. The molecule has 32 heavy (non-hydrogen) atoms. The van der Waals surface area contributed by atoms with Crippen LogP contribution in [0.1, 0.15) is 22.3 Å². The molecule has 2 amide bonds. The number of hydrogen-bond acceptors (Lipinski definition) is 4. The number of amides is 2. The van der Waals surface area contributed by atoms with E-state index >= 15 is 0 Å². The Morgan fingerprint density at radius 2 is 1.75 bits per heavy atom. The van der Waals surface area contributed by atoms with Crippen LogP contribution in [0, 0.1) is 6.92 Å². The van der Waals surface area contributed by atoms with Gasteiger partial charge in [0.1, 0.15) is 12.4 Å². The highest BCUT2D eigenvalue weighted by Gasteiger charge is 2.35. The van der Waals surface area contributed by atoms with Crippen LogP contribution in [0.5, 0.6) is 5.75 Å². The van der Waals surface area contributed by atoms with E-state index < -0.39 is 0 Å². The third kappa shape index (κ3) is 5.18. The number of aryl methyl sites for hydroxylation is 1. The zero-order chi connectivity index (χ0) is 22.7. The maximum Gasteiger partial charge on any atom is 0.293 e. The third-order valence-electron chi connectivity index (χ3n) is 5.02. The largest absolute Gasteiger partial charge is 0.487 e. The first-order chi connectivity index (χ1) is 15.4. The van der Waals surface area contributed by atoms with E-state index in [-0.39, 0.29) is 17.7 Å². The van der Waals surface area contributed by atoms with Crippen LogP contribution in [-0.4, -0.2) is 16.0 Å². The lowest BCUT2D eigenvalue weighted by molar-refractivity contribution is -0.123.